The van der Waals surface area contributed by atoms with Gasteiger partial charge in [0.05, 0.1) is 12.6 Å². The van der Waals surface area contributed by atoms with Crippen LogP contribution >= 0.6 is 22.6 Å². The molecule has 1 aromatic carbocycles. The van der Waals surface area contributed by atoms with E-state index in [1.54, 1.807) is 0 Å². The maximum Gasteiger partial charge on any atom is 0.150 e. The van der Waals surface area contributed by atoms with Crippen LogP contribution in [0.4, 0.5) is 0 Å². The molecule has 2 rings (SSSR count). The molecular weight excluding hydrogens is 329 g/mol. The van der Waals surface area contributed by atoms with Crippen LogP contribution in [0.25, 0.3) is 0 Å². The first kappa shape index (κ1) is 12.7. The summed E-state index contributed by atoms with van der Waals surface area (Å²) in [5.41, 5.74) is 1.13. The van der Waals surface area contributed by atoms with Crippen LogP contribution in [0, 0.1) is 3.57 Å². The molecule has 0 amide bonds. The van der Waals surface area contributed by atoms with Crippen molar-refractivity contribution in [3.8, 4) is 0 Å². The lowest BCUT2D eigenvalue weighted by atomic mass is 10.0. The largest absolute Gasteiger partial charge is 0.300 e. The van der Waals surface area contributed by atoms with Gasteiger partial charge in [-0.3, -0.25) is 9.59 Å². The predicted octanol–water partition coefficient (Wildman–Crippen LogP) is 1.72. The maximum absolute atomic E-state index is 11.8. The van der Waals surface area contributed by atoms with E-state index in [4.69, 9.17) is 0 Å². The third-order valence-electron chi connectivity index (χ3n) is 2.94. The average Bonchev–Trinajstić information content (AvgIpc) is 2.47. The molecule has 90 valence electrons. The Morgan fingerprint density at radius 3 is 2.59 bits per heavy atom. The lowest BCUT2D eigenvalue weighted by Gasteiger charge is -2.14. The molecule has 1 saturated heterocycles. The summed E-state index contributed by atoms with van der Waals surface area (Å²) < 4.78 is 1.18. The minimum absolute atomic E-state index is 0.128. The van der Waals surface area contributed by atoms with Gasteiger partial charge in [0.2, 0.25) is 0 Å². The van der Waals surface area contributed by atoms with E-state index in [2.05, 4.69) is 27.9 Å². The zero-order valence-electron chi connectivity index (χ0n) is 9.41. The first-order valence-corrected chi connectivity index (χ1v) is 6.75. The van der Waals surface area contributed by atoms with Crippen LogP contribution in [-0.2, 0) is 16.0 Å². The van der Waals surface area contributed by atoms with Gasteiger partial charge in [-0.15, -0.1) is 0 Å². The Kier molecular flexibility index (Phi) is 4.28. The second-order valence-corrected chi connectivity index (χ2v) is 5.51. The number of hydrogen-bond acceptors (Lipinski definition) is 3. The monoisotopic (exact) mass is 343 g/mol. The Labute approximate surface area is 114 Å². The summed E-state index contributed by atoms with van der Waals surface area (Å²) in [5, 5.41) is 3.04. The third kappa shape index (κ3) is 3.61. The molecule has 1 aliphatic heterocycles. The Morgan fingerprint density at radius 2 is 1.88 bits per heavy atom. The number of carbonyl (C=O) groups excluding carboxylic acids is 2. The summed E-state index contributed by atoms with van der Waals surface area (Å²) in [6.07, 6.45) is 1.43. The van der Waals surface area contributed by atoms with Crippen LogP contribution in [0.2, 0.25) is 0 Å². The zero-order chi connectivity index (χ0) is 12.3. The topological polar surface area (TPSA) is 46.2 Å². The van der Waals surface area contributed by atoms with Gasteiger partial charge < -0.3 is 5.32 Å². The van der Waals surface area contributed by atoms with Gasteiger partial charge in [0.25, 0.3) is 0 Å². The smallest absolute Gasteiger partial charge is 0.150 e. The number of hydrogen-bond donors (Lipinski definition) is 1. The van der Waals surface area contributed by atoms with Gasteiger partial charge in [-0.1, -0.05) is 12.1 Å². The van der Waals surface area contributed by atoms with Crippen molar-refractivity contribution in [3.63, 3.8) is 0 Å². The maximum atomic E-state index is 11.8. The summed E-state index contributed by atoms with van der Waals surface area (Å²) in [6.45, 7) is 0.320. The molecule has 0 aromatic heterocycles. The molecule has 0 aliphatic carbocycles. The highest BCUT2D eigenvalue weighted by Gasteiger charge is 2.23. The van der Waals surface area contributed by atoms with E-state index >= 15 is 0 Å². The summed E-state index contributed by atoms with van der Waals surface area (Å²) in [4.78, 5) is 23.1. The van der Waals surface area contributed by atoms with Gasteiger partial charge in [0.1, 0.15) is 5.78 Å². The zero-order valence-corrected chi connectivity index (χ0v) is 11.6. The van der Waals surface area contributed by atoms with Gasteiger partial charge in [-0.25, -0.2) is 0 Å². The number of ketones is 2. The molecule has 1 fully saturated rings. The molecule has 1 N–H and O–H groups in total. The highest BCUT2D eigenvalue weighted by atomic mass is 127. The molecule has 0 saturated carbocycles. The summed E-state index contributed by atoms with van der Waals surface area (Å²) >= 11 is 2.25. The second kappa shape index (κ2) is 5.73. The normalized spacial score (nSPS) is 21.4. The lowest BCUT2D eigenvalue weighted by molar-refractivity contribution is -0.122. The molecule has 1 heterocycles. The van der Waals surface area contributed by atoms with E-state index in [-0.39, 0.29) is 17.6 Å². The molecular formula is C13H14INO2. The lowest BCUT2D eigenvalue weighted by Crippen LogP contribution is -2.38. The molecule has 0 bridgehead atoms. The van der Waals surface area contributed by atoms with Crippen LogP contribution in [0.1, 0.15) is 18.4 Å². The van der Waals surface area contributed by atoms with Crippen molar-refractivity contribution in [3.05, 3.63) is 33.4 Å². The number of Topliss-reactive ketones (excluding diaryl/α,β-unsaturated/α-hetero) is 2. The van der Waals surface area contributed by atoms with Gasteiger partial charge in [0, 0.05) is 16.4 Å². The fourth-order valence-electron chi connectivity index (χ4n) is 1.92. The molecule has 1 aliphatic rings. The second-order valence-electron chi connectivity index (χ2n) is 4.27. The van der Waals surface area contributed by atoms with Crippen molar-refractivity contribution in [2.45, 2.75) is 25.3 Å². The number of carbonyl (C=O) groups is 2. The van der Waals surface area contributed by atoms with E-state index in [1.807, 2.05) is 24.3 Å². The summed E-state index contributed by atoms with van der Waals surface area (Å²) in [5.74, 6) is 0.276. The summed E-state index contributed by atoms with van der Waals surface area (Å²) in [6, 6.07) is 7.92. The van der Waals surface area contributed by atoms with Gasteiger partial charge in [-0.05, 0) is 46.7 Å². The molecule has 17 heavy (non-hydrogen) atoms. The number of rotatable bonds is 2. The van der Waals surface area contributed by atoms with Crippen LogP contribution in [0.15, 0.2) is 24.3 Å². The third-order valence-corrected chi connectivity index (χ3v) is 3.66. The van der Waals surface area contributed by atoms with Crippen molar-refractivity contribution in [1.29, 1.82) is 0 Å². The van der Waals surface area contributed by atoms with E-state index in [1.165, 1.54) is 3.57 Å². The number of benzene rings is 1. The number of nitrogens with one attached hydrogen (secondary N) is 1. The average molecular weight is 343 g/mol. The van der Waals surface area contributed by atoms with Crippen LogP contribution < -0.4 is 5.32 Å². The van der Waals surface area contributed by atoms with Crippen molar-refractivity contribution in [2.24, 2.45) is 0 Å². The van der Waals surface area contributed by atoms with E-state index < -0.39 is 0 Å². The fourth-order valence-corrected chi connectivity index (χ4v) is 2.28. The quantitative estimate of drug-likeness (QED) is 0.832. The molecule has 1 atom stereocenters. The Hall–Kier alpha value is -0.750. The highest BCUT2D eigenvalue weighted by Crippen LogP contribution is 2.11. The van der Waals surface area contributed by atoms with E-state index in [0.29, 0.717) is 25.8 Å². The SMILES string of the molecule is O=C1CCC(=O)[C@H](Cc2ccc(I)cc2)NC1. The molecule has 1 aromatic rings. The van der Waals surface area contributed by atoms with Gasteiger partial charge in [-0.2, -0.15) is 0 Å². The minimum atomic E-state index is -0.207. The van der Waals surface area contributed by atoms with Crippen molar-refractivity contribution < 1.29 is 9.59 Å². The molecule has 4 heteroatoms. The van der Waals surface area contributed by atoms with Gasteiger partial charge >= 0.3 is 0 Å². The summed E-state index contributed by atoms with van der Waals surface area (Å²) in [7, 11) is 0. The van der Waals surface area contributed by atoms with Crippen molar-refractivity contribution in [1.82, 2.24) is 5.32 Å². The number of halogens is 1. The van der Waals surface area contributed by atoms with Crippen molar-refractivity contribution in [2.75, 3.05) is 6.54 Å². The fraction of sp³-hybridized carbons (Fsp3) is 0.385. The van der Waals surface area contributed by atoms with Crippen molar-refractivity contribution >= 4 is 34.2 Å². The first-order chi connectivity index (χ1) is 8.15. The first-order valence-electron chi connectivity index (χ1n) is 5.67. The Morgan fingerprint density at radius 1 is 1.18 bits per heavy atom. The van der Waals surface area contributed by atoms with E-state index in [0.717, 1.165) is 5.56 Å². The molecule has 0 unspecified atom stereocenters. The molecule has 0 radical (unpaired) electrons. The van der Waals surface area contributed by atoms with Gasteiger partial charge in [0.15, 0.2) is 5.78 Å². The van der Waals surface area contributed by atoms with Crippen LogP contribution in [0.5, 0.6) is 0 Å². The molecule has 0 spiro atoms. The van der Waals surface area contributed by atoms with Crippen LogP contribution in [0.3, 0.4) is 0 Å². The Balaban J connectivity index is 2.04. The van der Waals surface area contributed by atoms with E-state index in [9.17, 15) is 9.59 Å². The predicted molar refractivity (Wildman–Crippen MR) is 73.9 cm³/mol. The van der Waals surface area contributed by atoms with Crippen LogP contribution in [-0.4, -0.2) is 24.2 Å². The Bertz CT molecular complexity index is 428. The molecule has 3 nitrogen and oxygen atoms in total. The standard InChI is InChI=1S/C13H14INO2/c14-10-3-1-9(2-4-10)7-12-13(17)6-5-11(16)8-15-12/h1-4,12,15H,5-8H2/t12-/m0/s1. The minimum Gasteiger partial charge on any atom is -0.300 e. The highest BCUT2D eigenvalue weighted by molar-refractivity contribution is 14.1.